The van der Waals surface area contributed by atoms with E-state index in [9.17, 15) is 14.9 Å². The van der Waals surface area contributed by atoms with Crippen LogP contribution in [-0.2, 0) is 5.54 Å². The van der Waals surface area contributed by atoms with E-state index in [1.807, 2.05) is 62.4 Å². The second-order valence-corrected chi connectivity index (χ2v) is 8.36. The Kier molecular flexibility index (Phi) is 5.75. The summed E-state index contributed by atoms with van der Waals surface area (Å²) in [6.45, 7) is 4.46. The van der Waals surface area contributed by atoms with Gasteiger partial charge < -0.3 is 21.3 Å². The summed E-state index contributed by atoms with van der Waals surface area (Å²) in [4.78, 5) is 26.5. The molecule has 1 saturated heterocycles. The van der Waals surface area contributed by atoms with Crippen molar-refractivity contribution in [2.75, 3.05) is 23.7 Å². The molecule has 3 amide bonds. The number of anilines is 3. The van der Waals surface area contributed by atoms with E-state index in [-0.39, 0.29) is 31.1 Å². The van der Waals surface area contributed by atoms with Crippen molar-refractivity contribution in [3.8, 4) is 6.07 Å². The first-order valence-corrected chi connectivity index (χ1v) is 10.5. The van der Waals surface area contributed by atoms with Gasteiger partial charge in [0.15, 0.2) is 5.82 Å². The topological polar surface area (TPSA) is 129 Å². The fraction of sp³-hybridized carbons (Fsp3) is 0.250. The van der Waals surface area contributed by atoms with Crippen LogP contribution >= 0.6 is 0 Å². The molecule has 9 nitrogen and oxygen atoms in total. The number of carbonyl (C=O) groups is 2. The summed E-state index contributed by atoms with van der Waals surface area (Å²) in [5.74, 6) is -0.320. The molecule has 2 heterocycles. The average molecular weight is 444 g/mol. The van der Waals surface area contributed by atoms with Crippen LogP contribution < -0.4 is 16.4 Å². The molecule has 3 aromatic rings. The second kappa shape index (κ2) is 8.67. The normalized spacial score (nSPS) is 14.2. The van der Waals surface area contributed by atoms with E-state index in [2.05, 4.69) is 21.8 Å². The van der Waals surface area contributed by atoms with Gasteiger partial charge in [0.25, 0.3) is 5.91 Å². The van der Waals surface area contributed by atoms with Crippen LogP contribution in [0.25, 0.3) is 0 Å². The molecule has 0 atom stereocenters. The number of para-hydroxylation sites is 1. The molecule has 0 saturated carbocycles. The molecule has 2 aromatic carbocycles. The fourth-order valence-electron chi connectivity index (χ4n) is 3.91. The molecule has 9 heteroatoms. The minimum absolute atomic E-state index is 0.130. The number of primary amides is 1. The van der Waals surface area contributed by atoms with Crippen LogP contribution in [0, 0.1) is 25.2 Å². The van der Waals surface area contributed by atoms with Gasteiger partial charge in [-0.1, -0.05) is 30.3 Å². The number of nitrogens with two attached hydrogens (primary N) is 1. The van der Waals surface area contributed by atoms with Gasteiger partial charge in [0.05, 0.1) is 25.6 Å². The number of nitrogens with zero attached hydrogens (tertiary/aromatic N) is 4. The Morgan fingerprint density at radius 1 is 1.18 bits per heavy atom. The molecule has 0 unspecified atom stereocenters. The van der Waals surface area contributed by atoms with Gasteiger partial charge in [0.1, 0.15) is 11.1 Å². The lowest BCUT2D eigenvalue weighted by molar-refractivity contribution is 0.0401. The van der Waals surface area contributed by atoms with E-state index in [0.717, 1.165) is 22.5 Å². The summed E-state index contributed by atoms with van der Waals surface area (Å²) in [5, 5.41) is 20.0. The van der Waals surface area contributed by atoms with E-state index in [0.29, 0.717) is 5.82 Å². The van der Waals surface area contributed by atoms with Crippen LogP contribution in [0.15, 0.2) is 54.7 Å². The van der Waals surface area contributed by atoms with Crippen LogP contribution in [-0.4, -0.2) is 39.7 Å². The van der Waals surface area contributed by atoms with Crippen LogP contribution in [0.4, 0.5) is 22.0 Å². The summed E-state index contributed by atoms with van der Waals surface area (Å²) >= 11 is 0. The number of likely N-dealkylation sites (tertiary alicyclic amines) is 1. The number of hydrogen-bond donors (Lipinski definition) is 3. The van der Waals surface area contributed by atoms with Gasteiger partial charge in [-0.25, -0.2) is 4.79 Å². The number of rotatable bonds is 6. The predicted molar refractivity (Wildman–Crippen MR) is 125 cm³/mol. The highest BCUT2D eigenvalue weighted by atomic mass is 16.2. The summed E-state index contributed by atoms with van der Waals surface area (Å²) in [5.41, 5.74) is 8.57. The zero-order chi connectivity index (χ0) is 23.6. The molecule has 168 valence electrons. The molecule has 1 aliphatic rings. The lowest BCUT2D eigenvalue weighted by atomic mass is 9.87. The van der Waals surface area contributed by atoms with Gasteiger partial charge in [-0.05, 0) is 43.2 Å². The molecular weight excluding hydrogens is 418 g/mol. The number of nitrogens with one attached hydrogen (secondary N) is 2. The van der Waals surface area contributed by atoms with Crippen molar-refractivity contribution in [2.24, 2.45) is 5.73 Å². The number of carbonyl (C=O) groups excluding carboxylic acids is 2. The fourth-order valence-corrected chi connectivity index (χ4v) is 3.91. The van der Waals surface area contributed by atoms with Crippen molar-refractivity contribution >= 4 is 29.1 Å². The summed E-state index contributed by atoms with van der Waals surface area (Å²) in [6.07, 6.45) is 1.68. The maximum atomic E-state index is 12.8. The van der Waals surface area contributed by atoms with Crippen molar-refractivity contribution in [1.29, 1.82) is 5.26 Å². The first-order valence-electron chi connectivity index (χ1n) is 10.5. The Balaban J connectivity index is 1.55. The highest BCUT2D eigenvalue weighted by Crippen LogP contribution is 2.34. The third kappa shape index (κ3) is 4.36. The number of urea groups is 1. The SMILES string of the molecule is Cc1ccc(C)c(NC(=O)N2CC(CC#N)(n3cc(C(N)=O)c(Nc4ccccc4)n3)C2)c1. The Hall–Kier alpha value is -4.32. The van der Waals surface area contributed by atoms with E-state index in [1.165, 1.54) is 0 Å². The van der Waals surface area contributed by atoms with Crippen LogP contribution in [0.3, 0.4) is 0 Å². The Morgan fingerprint density at radius 2 is 1.91 bits per heavy atom. The second-order valence-electron chi connectivity index (χ2n) is 8.36. The molecular formula is C24H25N7O2. The van der Waals surface area contributed by atoms with Crippen molar-refractivity contribution in [3.05, 3.63) is 71.4 Å². The van der Waals surface area contributed by atoms with Crippen molar-refractivity contribution in [2.45, 2.75) is 25.8 Å². The molecule has 1 aliphatic heterocycles. The Morgan fingerprint density at radius 3 is 2.58 bits per heavy atom. The van der Waals surface area contributed by atoms with Gasteiger partial charge in [-0.15, -0.1) is 0 Å². The predicted octanol–water partition coefficient (Wildman–Crippen LogP) is 3.50. The minimum Gasteiger partial charge on any atom is -0.365 e. The molecule has 0 bridgehead atoms. The Bertz CT molecular complexity index is 1240. The standard InChI is InChI=1S/C24H25N7O2/c1-16-8-9-17(2)20(12-16)28-23(33)30-14-24(15-30,10-11-25)31-13-19(21(26)32)22(29-31)27-18-6-4-3-5-7-18/h3-9,12-13H,10,14-15H2,1-2H3,(H2,26,32)(H,27,29)(H,28,33). The molecule has 1 fully saturated rings. The van der Waals surface area contributed by atoms with E-state index < -0.39 is 11.4 Å². The maximum Gasteiger partial charge on any atom is 0.322 e. The summed E-state index contributed by atoms with van der Waals surface area (Å²) < 4.78 is 1.59. The number of amides is 3. The van der Waals surface area contributed by atoms with Gasteiger partial charge in [0.2, 0.25) is 0 Å². The lowest BCUT2D eigenvalue weighted by Crippen LogP contribution is -2.65. The van der Waals surface area contributed by atoms with E-state index >= 15 is 0 Å². The largest absolute Gasteiger partial charge is 0.365 e. The summed E-state index contributed by atoms with van der Waals surface area (Å²) in [6, 6.07) is 17.1. The lowest BCUT2D eigenvalue weighted by Gasteiger charge is -2.48. The maximum absolute atomic E-state index is 12.8. The highest BCUT2D eigenvalue weighted by Gasteiger charge is 2.48. The van der Waals surface area contributed by atoms with Crippen molar-refractivity contribution < 1.29 is 9.59 Å². The molecule has 1 aromatic heterocycles. The first-order chi connectivity index (χ1) is 15.8. The van der Waals surface area contributed by atoms with Crippen LogP contribution in [0.5, 0.6) is 0 Å². The number of aromatic nitrogens is 2. The monoisotopic (exact) mass is 443 g/mol. The zero-order valence-corrected chi connectivity index (χ0v) is 18.5. The third-order valence-corrected chi connectivity index (χ3v) is 5.80. The number of benzene rings is 2. The molecule has 4 rings (SSSR count). The van der Waals surface area contributed by atoms with E-state index in [4.69, 9.17) is 5.73 Å². The number of nitriles is 1. The average Bonchev–Trinajstić information content (AvgIpc) is 3.18. The van der Waals surface area contributed by atoms with Crippen molar-refractivity contribution in [3.63, 3.8) is 0 Å². The van der Waals surface area contributed by atoms with E-state index in [1.54, 1.807) is 15.8 Å². The summed E-state index contributed by atoms with van der Waals surface area (Å²) in [7, 11) is 0. The molecule has 33 heavy (non-hydrogen) atoms. The van der Waals surface area contributed by atoms with Crippen molar-refractivity contribution in [1.82, 2.24) is 14.7 Å². The van der Waals surface area contributed by atoms with Gasteiger partial charge in [-0.2, -0.15) is 10.4 Å². The van der Waals surface area contributed by atoms with Gasteiger partial charge in [0, 0.05) is 17.6 Å². The quantitative estimate of drug-likeness (QED) is 0.537. The molecule has 0 radical (unpaired) electrons. The number of aryl methyl sites for hydroxylation is 2. The first kappa shape index (κ1) is 21.9. The Labute approximate surface area is 191 Å². The minimum atomic E-state index is -0.742. The third-order valence-electron chi connectivity index (χ3n) is 5.80. The molecule has 4 N–H and O–H groups in total. The zero-order valence-electron chi connectivity index (χ0n) is 18.5. The smallest absolute Gasteiger partial charge is 0.322 e. The van der Waals surface area contributed by atoms with Crippen LogP contribution in [0.2, 0.25) is 0 Å². The van der Waals surface area contributed by atoms with Crippen LogP contribution in [0.1, 0.15) is 27.9 Å². The highest BCUT2D eigenvalue weighted by molar-refractivity contribution is 5.98. The molecule has 0 aliphatic carbocycles. The van der Waals surface area contributed by atoms with Gasteiger partial charge in [-0.3, -0.25) is 9.48 Å². The molecule has 0 spiro atoms. The van der Waals surface area contributed by atoms with Gasteiger partial charge >= 0.3 is 6.03 Å². The number of hydrogen-bond acceptors (Lipinski definition) is 5.